The van der Waals surface area contributed by atoms with Crippen molar-refractivity contribution in [2.24, 2.45) is 0 Å². The minimum Gasteiger partial charge on any atom is -0.618 e. The number of imidazole rings is 1. The first kappa shape index (κ1) is 23.3. The fourth-order valence-corrected chi connectivity index (χ4v) is 5.95. The highest BCUT2D eigenvalue weighted by molar-refractivity contribution is 7.12. The Hall–Kier alpha value is -4.13. The highest BCUT2D eigenvalue weighted by Gasteiger charge is 2.48. The molecule has 1 aromatic carbocycles. The number of carbonyl (C=O) groups is 1. The molecule has 37 heavy (non-hydrogen) atoms. The van der Waals surface area contributed by atoms with Crippen LogP contribution in [0, 0.1) is 12.1 Å². The van der Waals surface area contributed by atoms with Gasteiger partial charge in [0.05, 0.1) is 17.6 Å². The van der Waals surface area contributed by atoms with E-state index >= 15 is 0 Å². The number of benzene rings is 1. The lowest BCUT2D eigenvalue weighted by Crippen LogP contribution is -2.42. The number of aryl methyl sites for hydroxylation is 1. The van der Waals surface area contributed by atoms with Crippen LogP contribution in [-0.4, -0.2) is 46.4 Å². The summed E-state index contributed by atoms with van der Waals surface area (Å²) in [5.41, 5.74) is 2.99. The molecule has 1 atom stereocenters. The van der Waals surface area contributed by atoms with Crippen LogP contribution in [0.15, 0.2) is 48.4 Å². The second kappa shape index (κ2) is 8.47. The number of thiophene rings is 1. The molecule has 0 radical (unpaired) electrons. The van der Waals surface area contributed by atoms with Gasteiger partial charge in [0, 0.05) is 32.7 Å². The van der Waals surface area contributed by atoms with Crippen LogP contribution in [0.3, 0.4) is 0 Å². The summed E-state index contributed by atoms with van der Waals surface area (Å²) in [5.74, 6) is -0.777. The molecule has 1 aliphatic rings. The van der Waals surface area contributed by atoms with Gasteiger partial charge in [-0.1, -0.05) is 11.6 Å². The van der Waals surface area contributed by atoms with Crippen molar-refractivity contribution in [3.63, 3.8) is 0 Å². The zero-order valence-corrected chi connectivity index (χ0v) is 20.8. The molecule has 1 unspecified atom stereocenters. The summed E-state index contributed by atoms with van der Waals surface area (Å²) >= 11 is 7.39. The molecule has 11 nitrogen and oxygen atoms in total. The number of aromatic nitrogens is 7. The van der Waals surface area contributed by atoms with Crippen LogP contribution in [0.2, 0.25) is 5.02 Å². The number of tetrazole rings is 1. The first-order chi connectivity index (χ1) is 17.8. The van der Waals surface area contributed by atoms with Crippen molar-refractivity contribution in [2.45, 2.75) is 25.4 Å². The van der Waals surface area contributed by atoms with Crippen LogP contribution in [-0.2, 0) is 12.0 Å². The van der Waals surface area contributed by atoms with Gasteiger partial charge >= 0.3 is 5.97 Å². The van der Waals surface area contributed by atoms with E-state index in [2.05, 4.69) is 25.5 Å². The molecule has 0 saturated heterocycles. The molecule has 0 aliphatic heterocycles. The molecule has 0 spiro atoms. The number of fused-ring (bicyclic) bond motifs is 1. The maximum atomic E-state index is 13.4. The number of hydrogen-bond donors (Lipinski definition) is 3. The van der Waals surface area contributed by atoms with Crippen LogP contribution < -0.4 is 4.73 Å². The molecule has 0 fully saturated rings. The van der Waals surface area contributed by atoms with Crippen molar-refractivity contribution in [1.82, 2.24) is 30.2 Å². The highest BCUT2D eigenvalue weighted by atomic mass is 35.5. The van der Waals surface area contributed by atoms with Crippen LogP contribution >= 0.6 is 22.9 Å². The SMILES string of the molecule is Cc1c(-c2cnc(C3(O)CCc4cc(-c5cc(Cl)ccc5-n5cnnn5)c[n+]([O-])c43)[nH]2)csc1C(=O)O. The lowest BCUT2D eigenvalue weighted by atomic mass is 9.98. The molecular weight excluding hydrogens is 518 g/mol. The zero-order chi connectivity index (χ0) is 25.9. The van der Waals surface area contributed by atoms with Crippen LogP contribution in [0.5, 0.6) is 0 Å². The second-order valence-electron chi connectivity index (χ2n) is 8.76. The minimum atomic E-state index is -1.64. The number of nitrogens with zero attached hydrogens (tertiary/aromatic N) is 6. The Bertz CT molecular complexity index is 1680. The Labute approximate surface area is 218 Å². The summed E-state index contributed by atoms with van der Waals surface area (Å²) in [5, 5.41) is 47.9. The molecule has 4 heterocycles. The molecule has 186 valence electrons. The number of carboxylic acids is 1. The Morgan fingerprint density at radius 1 is 1.32 bits per heavy atom. The Balaban J connectivity index is 1.41. The van der Waals surface area contributed by atoms with Crippen molar-refractivity contribution in [3.8, 4) is 28.1 Å². The third kappa shape index (κ3) is 3.68. The Morgan fingerprint density at radius 2 is 2.16 bits per heavy atom. The summed E-state index contributed by atoms with van der Waals surface area (Å²) in [4.78, 5) is 19.2. The molecule has 1 aliphatic carbocycles. The van der Waals surface area contributed by atoms with Crippen molar-refractivity contribution in [1.29, 1.82) is 0 Å². The van der Waals surface area contributed by atoms with Crippen LogP contribution in [0.4, 0.5) is 0 Å². The first-order valence-electron chi connectivity index (χ1n) is 11.2. The third-order valence-corrected chi connectivity index (χ3v) is 7.92. The number of rotatable bonds is 5. The summed E-state index contributed by atoms with van der Waals surface area (Å²) < 4.78 is 2.15. The number of carboxylic acid groups (broad SMARTS) is 1. The van der Waals surface area contributed by atoms with E-state index in [0.717, 1.165) is 11.3 Å². The first-order valence-corrected chi connectivity index (χ1v) is 12.4. The highest BCUT2D eigenvalue weighted by Crippen LogP contribution is 2.42. The van der Waals surface area contributed by atoms with Crippen LogP contribution in [0.1, 0.15) is 38.7 Å². The quantitative estimate of drug-likeness (QED) is 0.228. The van der Waals surface area contributed by atoms with E-state index in [1.54, 1.807) is 36.7 Å². The average Bonchev–Trinajstić information content (AvgIpc) is 3.66. The minimum absolute atomic E-state index is 0.191. The molecule has 3 N–H and O–H groups in total. The van der Waals surface area contributed by atoms with Gasteiger partial charge < -0.3 is 20.4 Å². The normalized spacial score (nSPS) is 16.7. The molecular formula is C24H18ClN7O4S. The van der Waals surface area contributed by atoms with Crippen molar-refractivity contribution >= 4 is 28.9 Å². The molecule has 0 bridgehead atoms. The number of hydrogen-bond acceptors (Lipinski definition) is 8. The maximum Gasteiger partial charge on any atom is 0.346 e. The summed E-state index contributed by atoms with van der Waals surface area (Å²) in [6.45, 7) is 1.72. The zero-order valence-electron chi connectivity index (χ0n) is 19.2. The van der Waals surface area contributed by atoms with Crippen molar-refractivity contribution < 1.29 is 19.7 Å². The smallest absolute Gasteiger partial charge is 0.346 e. The lowest BCUT2D eigenvalue weighted by Gasteiger charge is -2.20. The summed E-state index contributed by atoms with van der Waals surface area (Å²) in [6.07, 6.45) is 5.08. The predicted molar refractivity (Wildman–Crippen MR) is 133 cm³/mol. The van der Waals surface area contributed by atoms with Gasteiger partial charge in [-0.2, -0.15) is 9.41 Å². The fraction of sp³-hybridized carbons (Fsp3) is 0.167. The summed E-state index contributed by atoms with van der Waals surface area (Å²) in [7, 11) is 0. The molecule has 13 heteroatoms. The standard InChI is InChI=1S/C24H18ClN7O4S/c1-12-17(10-37-20(12)22(33)34)18-8-26-23(28-18)24(35)5-4-13-6-14(9-32(36)21(13)24)16-7-15(25)2-3-19(16)31-11-27-29-30-31/h2-3,6-11,35H,4-5H2,1H3,(H,26,28)(H,33,34). The van der Waals surface area contributed by atoms with Crippen molar-refractivity contribution in [2.75, 3.05) is 0 Å². The third-order valence-electron chi connectivity index (χ3n) is 6.62. The van der Waals surface area contributed by atoms with E-state index < -0.39 is 11.6 Å². The van der Waals surface area contributed by atoms with Gasteiger partial charge in [-0.05, 0) is 60.0 Å². The van der Waals surface area contributed by atoms with Gasteiger partial charge in [0.1, 0.15) is 17.0 Å². The number of aromatic amines is 1. The number of H-pyrrole nitrogens is 1. The number of aliphatic hydroxyl groups is 1. The average molecular weight is 536 g/mol. The lowest BCUT2D eigenvalue weighted by molar-refractivity contribution is -0.620. The van der Waals surface area contributed by atoms with Crippen LogP contribution in [0.25, 0.3) is 28.1 Å². The topological polar surface area (TPSA) is 157 Å². The molecule has 0 saturated carbocycles. The summed E-state index contributed by atoms with van der Waals surface area (Å²) in [6, 6.07) is 7.06. The van der Waals surface area contributed by atoms with Gasteiger partial charge in [-0.25, -0.2) is 9.78 Å². The van der Waals surface area contributed by atoms with Gasteiger partial charge in [-0.3, -0.25) is 0 Å². The van der Waals surface area contributed by atoms with Gasteiger partial charge in [-0.15, -0.1) is 16.4 Å². The van der Waals surface area contributed by atoms with Gasteiger partial charge in [0.2, 0.25) is 11.3 Å². The van der Waals surface area contributed by atoms with E-state index in [9.17, 15) is 20.2 Å². The van der Waals surface area contributed by atoms with E-state index in [1.807, 2.05) is 6.07 Å². The number of nitrogens with one attached hydrogen (secondary N) is 1. The Morgan fingerprint density at radius 3 is 2.89 bits per heavy atom. The van der Waals surface area contributed by atoms with Gasteiger partial charge in [0.15, 0.2) is 6.20 Å². The van der Waals surface area contributed by atoms with E-state index in [0.29, 0.717) is 55.4 Å². The monoisotopic (exact) mass is 535 g/mol. The molecule has 5 aromatic rings. The number of pyridine rings is 1. The predicted octanol–water partition coefficient (Wildman–Crippen LogP) is 3.26. The fourth-order valence-electron chi connectivity index (χ4n) is 4.85. The number of halogens is 1. The van der Waals surface area contributed by atoms with Crippen molar-refractivity contribution in [3.05, 3.63) is 86.1 Å². The molecule has 4 aromatic heterocycles. The van der Waals surface area contributed by atoms with E-state index in [-0.39, 0.29) is 22.8 Å². The van der Waals surface area contributed by atoms with E-state index in [1.165, 1.54) is 17.2 Å². The number of aromatic carboxylic acids is 1. The molecule has 6 rings (SSSR count). The van der Waals surface area contributed by atoms with Gasteiger partial charge in [0.25, 0.3) is 0 Å². The largest absolute Gasteiger partial charge is 0.618 e. The maximum absolute atomic E-state index is 13.4. The second-order valence-corrected chi connectivity index (χ2v) is 10.1. The Kier molecular flexibility index (Phi) is 5.33. The molecule has 0 amide bonds. The van der Waals surface area contributed by atoms with E-state index in [4.69, 9.17) is 11.6 Å².